The summed E-state index contributed by atoms with van der Waals surface area (Å²) in [6.07, 6.45) is 6.77. The Morgan fingerprint density at radius 2 is 2.20 bits per heavy atom. The Kier molecular flexibility index (Phi) is 7.69. The van der Waals surface area contributed by atoms with Gasteiger partial charge < -0.3 is 14.4 Å². The van der Waals surface area contributed by atoms with Gasteiger partial charge in [0.1, 0.15) is 10.2 Å². The summed E-state index contributed by atoms with van der Waals surface area (Å²) in [4.78, 5) is 18.4. The van der Waals surface area contributed by atoms with Gasteiger partial charge in [0.15, 0.2) is 0 Å². The van der Waals surface area contributed by atoms with Crippen LogP contribution in [0.4, 0.5) is 4.79 Å². The van der Waals surface area contributed by atoms with Crippen LogP contribution in [0.25, 0.3) is 0 Å². The molecule has 1 aromatic heterocycles. The van der Waals surface area contributed by atoms with Gasteiger partial charge in [-0.05, 0) is 86.5 Å². The number of carbonyl (C=O) groups excluding carboxylic acids is 1. The fraction of sp³-hybridized carbons (Fsp3) is 0.684. The molecule has 1 amide bonds. The van der Waals surface area contributed by atoms with Crippen molar-refractivity contribution in [2.75, 3.05) is 13.2 Å². The molecule has 1 aliphatic heterocycles. The first-order chi connectivity index (χ1) is 11.8. The monoisotopic (exact) mass is 412 g/mol. The fourth-order valence-corrected chi connectivity index (χ4v) is 3.42. The summed E-state index contributed by atoms with van der Waals surface area (Å²) >= 11 is 3.36. The molecule has 0 N–H and O–H groups in total. The van der Waals surface area contributed by atoms with E-state index in [0.29, 0.717) is 13.2 Å². The number of amides is 1. The standard InChI is InChI=1S/C19H29BrN2O3/c1-19(2,3)25-18(23)22-11-5-4-7-16(22)8-6-12-24-14-15-9-10-21-17(20)13-15/h9-10,13,16H,4-8,11-12,14H2,1-3H3/t16-/m1/s1. The van der Waals surface area contributed by atoms with Crippen molar-refractivity contribution in [1.29, 1.82) is 0 Å². The number of hydrogen-bond donors (Lipinski definition) is 0. The highest BCUT2D eigenvalue weighted by Gasteiger charge is 2.29. The van der Waals surface area contributed by atoms with E-state index in [1.54, 1.807) is 6.20 Å². The number of pyridine rings is 1. The minimum atomic E-state index is -0.443. The van der Waals surface area contributed by atoms with Gasteiger partial charge in [-0.3, -0.25) is 0 Å². The Morgan fingerprint density at radius 1 is 1.40 bits per heavy atom. The van der Waals surface area contributed by atoms with Crippen molar-refractivity contribution >= 4 is 22.0 Å². The number of aromatic nitrogens is 1. The number of nitrogens with zero attached hydrogens (tertiary/aromatic N) is 2. The molecular formula is C19H29BrN2O3. The molecule has 1 saturated heterocycles. The van der Waals surface area contributed by atoms with Crippen molar-refractivity contribution in [3.63, 3.8) is 0 Å². The molecule has 1 aliphatic rings. The van der Waals surface area contributed by atoms with E-state index in [2.05, 4.69) is 20.9 Å². The topological polar surface area (TPSA) is 51.7 Å². The van der Waals surface area contributed by atoms with Crippen LogP contribution in [0.1, 0.15) is 58.4 Å². The molecule has 1 fully saturated rings. The molecule has 0 aromatic carbocycles. The normalized spacial score (nSPS) is 18.2. The molecule has 0 unspecified atom stereocenters. The third-order valence-corrected chi connectivity index (χ3v) is 4.57. The van der Waals surface area contributed by atoms with E-state index in [4.69, 9.17) is 9.47 Å². The van der Waals surface area contributed by atoms with Gasteiger partial charge in [-0.2, -0.15) is 0 Å². The molecule has 0 aliphatic carbocycles. The van der Waals surface area contributed by atoms with Crippen molar-refractivity contribution in [2.45, 2.75) is 71.1 Å². The molecule has 2 rings (SSSR count). The smallest absolute Gasteiger partial charge is 0.410 e. The van der Waals surface area contributed by atoms with Gasteiger partial charge in [0.2, 0.25) is 0 Å². The zero-order chi connectivity index (χ0) is 18.3. The summed E-state index contributed by atoms with van der Waals surface area (Å²) in [5.74, 6) is 0. The predicted molar refractivity (Wildman–Crippen MR) is 101 cm³/mol. The highest BCUT2D eigenvalue weighted by atomic mass is 79.9. The molecule has 25 heavy (non-hydrogen) atoms. The molecule has 6 heteroatoms. The first-order valence-corrected chi connectivity index (χ1v) is 9.82. The Balaban J connectivity index is 1.73. The average molecular weight is 413 g/mol. The Morgan fingerprint density at radius 3 is 2.92 bits per heavy atom. The van der Waals surface area contributed by atoms with Gasteiger partial charge in [0.25, 0.3) is 0 Å². The van der Waals surface area contributed by atoms with Crippen LogP contribution in [0.2, 0.25) is 0 Å². The lowest BCUT2D eigenvalue weighted by atomic mass is 9.98. The van der Waals surface area contributed by atoms with Crippen molar-refractivity contribution < 1.29 is 14.3 Å². The number of rotatable bonds is 6. The zero-order valence-electron chi connectivity index (χ0n) is 15.5. The summed E-state index contributed by atoms with van der Waals surface area (Å²) in [6, 6.07) is 4.18. The summed E-state index contributed by atoms with van der Waals surface area (Å²) in [6.45, 7) is 7.81. The summed E-state index contributed by atoms with van der Waals surface area (Å²) < 4.78 is 12.1. The summed E-state index contributed by atoms with van der Waals surface area (Å²) in [5.41, 5.74) is 0.663. The van der Waals surface area contributed by atoms with Gasteiger partial charge in [-0.1, -0.05) is 0 Å². The molecule has 140 valence electrons. The lowest BCUT2D eigenvalue weighted by molar-refractivity contribution is 0.00726. The molecule has 0 radical (unpaired) electrons. The van der Waals surface area contributed by atoms with Crippen LogP contribution in [-0.2, 0) is 16.1 Å². The van der Waals surface area contributed by atoms with Crippen LogP contribution in [0.15, 0.2) is 22.9 Å². The van der Waals surface area contributed by atoms with Crippen LogP contribution in [-0.4, -0.2) is 40.8 Å². The third kappa shape index (κ3) is 7.32. The second-order valence-electron chi connectivity index (χ2n) is 7.50. The number of carbonyl (C=O) groups is 1. The first-order valence-electron chi connectivity index (χ1n) is 9.03. The fourth-order valence-electron chi connectivity index (χ4n) is 3.01. The lowest BCUT2D eigenvalue weighted by Crippen LogP contribution is -2.46. The Labute approximate surface area is 159 Å². The number of ether oxygens (including phenoxy) is 2. The number of piperidine rings is 1. The number of hydrogen-bond acceptors (Lipinski definition) is 4. The second kappa shape index (κ2) is 9.53. The van der Waals surface area contributed by atoms with Crippen molar-refractivity contribution in [3.05, 3.63) is 28.5 Å². The lowest BCUT2D eigenvalue weighted by Gasteiger charge is -2.36. The highest BCUT2D eigenvalue weighted by Crippen LogP contribution is 2.23. The molecule has 1 atom stereocenters. The maximum absolute atomic E-state index is 12.4. The van der Waals surface area contributed by atoms with Gasteiger partial charge in [0, 0.05) is 25.4 Å². The largest absolute Gasteiger partial charge is 0.444 e. The van der Waals surface area contributed by atoms with Crippen LogP contribution in [0, 0.1) is 0 Å². The minimum absolute atomic E-state index is 0.181. The van der Waals surface area contributed by atoms with Crippen LogP contribution < -0.4 is 0 Å². The summed E-state index contributed by atoms with van der Waals surface area (Å²) in [5, 5.41) is 0. The second-order valence-corrected chi connectivity index (χ2v) is 8.32. The number of likely N-dealkylation sites (tertiary alicyclic amines) is 1. The summed E-state index contributed by atoms with van der Waals surface area (Å²) in [7, 11) is 0. The minimum Gasteiger partial charge on any atom is -0.444 e. The number of halogens is 1. The molecule has 1 aromatic rings. The molecule has 0 bridgehead atoms. The first kappa shape index (κ1) is 20.2. The molecule has 5 nitrogen and oxygen atoms in total. The zero-order valence-corrected chi connectivity index (χ0v) is 17.0. The van der Waals surface area contributed by atoms with Gasteiger partial charge in [-0.25, -0.2) is 9.78 Å². The maximum Gasteiger partial charge on any atom is 0.410 e. The average Bonchev–Trinajstić information content (AvgIpc) is 2.53. The van der Waals surface area contributed by atoms with E-state index in [0.717, 1.165) is 42.4 Å². The van der Waals surface area contributed by atoms with E-state index in [-0.39, 0.29) is 12.1 Å². The highest BCUT2D eigenvalue weighted by molar-refractivity contribution is 9.10. The molecule has 2 heterocycles. The van der Waals surface area contributed by atoms with Gasteiger partial charge >= 0.3 is 6.09 Å². The van der Waals surface area contributed by atoms with E-state index in [1.807, 2.05) is 37.8 Å². The SMILES string of the molecule is CC(C)(C)OC(=O)N1CCCC[C@@H]1CCCOCc1ccnc(Br)c1. The Bertz CT molecular complexity index is 560. The van der Waals surface area contributed by atoms with E-state index in [9.17, 15) is 4.79 Å². The predicted octanol–water partition coefficient (Wildman–Crippen LogP) is 4.93. The van der Waals surface area contributed by atoms with E-state index < -0.39 is 5.60 Å². The quantitative estimate of drug-likeness (QED) is 0.490. The van der Waals surface area contributed by atoms with Crippen LogP contribution in [0.3, 0.4) is 0 Å². The van der Waals surface area contributed by atoms with Crippen molar-refractivity contribution in [1.82, 2.24) is 9.88 Å². The maximum atomic E-state index is 12.4. The van der Waals surface area contributed by atoms with Gasteiger partial charge in [-0.15, -0.1) is 0 Å². The molecule has 0 saturated carbocycles. The molecular weight excluding hydrogens is 384 g/mol. The van der Waals surface area contributed by atoms with Crippen molar-refractivity contribution in [2.24, 2.45) is 0 Å². The van der Waals surface area contributed by atoms with E-state index in [1.165, 1.54) is 6.42 Å². The Hall–Kier alpha value is -1.14. The van der Waals surface area contributed by atoms with Crippen LogP contribution in [0.5, 0.6) is 0 Å². The van der Waals surface area contributed by atoms with Crippen molar-refractivity contribution in [3.8, 4) is 0 Å². The van der Waals surface area contributed by atoms with Crippen LogP contribution >= 0.6 is 15.9 Å². The van der Waals surface area contributed by atoms with E-state index >= 15 is 0 Å². The third-order valence-electron chi connectivity index (χ3n) is 4.14. The molecule has 0 spiro atoms. The van der Waals surface area contributed by atoms with Gasteiger partial charge in [0.05, 0.1) is 6.61 Å².